The van der Waals surface area contributed by atoms with E-state index in [9.17, 15) is 4.79 Å². The Morgan fingerprint density at radius 2 is 1.69 bits per heavy atom. The molecule has 0 saturated carbocycles. The van der Waals surface area contributed by atoms with Crippen LogP contribution in [0.1, 0.15) is 30.4 Å². The minimum Gasteiger partial charge on any atom is -0.466 e. The maximum atomic E-state index is 12.5. The maximum absolute atomic E-state index is 12.5. The van der Waals surface area contributed by atoms with Crippen LogP contribution in [0.25, 0.3) is 22.2 Å². The molecule has 0 aliphatic rings. The first-order valence-corrected chi connectivity index (χ1v) is 10.1. The van der Waals surface area contributed by atoms with Crippen LogP contribution in [0.4, 0.5) is 0 Å². The lowest BCUT2D eigenvalue weighted by molar-refractivity contribution is -0.143. The average molecular weight is 404 g/mol. The molecule has 29 heavy (non-hydrogen) atoms. The first-order chi connectivity index (χ1) is 14.2. The largest absolute Gasteiger partial charge is 0.466 e. The van der Waals surface area contributed by atoms with Gasteiger partial charge in [-0.15, -0.1) is 0 Å². The molecule has 0 amide bonds. The maximum Gasteiger partial charge on any atom is 0.306 e. The van der Waals surface area contributed by atoms with Crippen molar-refractivity contribution in [1.29, 1.82) is 0 Å². The zero-order valence-corrected chi connectivity index (χ0v) is 16.9. The van der Waals surface area contributed by atoms with Crippen LogP contribution in [0.5, 0.6) is 0 Å². The minimum absolute atomic E-state index is 0.155. The number of benzene rings is 3. The van der Waals surface area contributed by atoms with Gasteiger partial charge in [0.1, 0.15) is 0 Å². The summed E-state index contributed by atoms with van der Waals surface area (Å²) in [7, 11) is 0. The summed E-state index contributed by atoms with van der Waals surface area (Å²) in [5.74, 6) is -0.366. The molecule has 146 valence electrons. The molecule has 1 atom stereocenters. The number of halogens is 1. The molecule has 0 aliphatic carbocycles. The first-order valence-electron chi connectivity index (χ1n) is 9.74. The summed E-state index contributed by atoms with van der Waals surface area (Å²) in [6.45, 7) is 2.20. The molecule has 0 saturated heterocycles. The van der Waals surface area contributed by atoms with Gasteiger partial charge in [0, 0.05) is 21.8 Å². The summed E-state index contributed by atoms with van der Waals surface area (Å²) in [6, 6.07) is 26.1. The van der Waals surface area contributed by atoms with Crippen molar-refractivity contribution in [2.45, 2.75) is 19.3 Å². The first kappa shape index (κ1) is 19.3. The van der Waals surface area contributed by atoms with Gasteiger partial charge in [0.2, 0.25) is 0 Å². The van der Waals surface area contributed by atoms with Crippen LogP contribution < -0.4 is 0 Å². The number of H-pyrrole nitrogens is 1. The van der Waals surface area contributed by atoms with E-state index in [0.29, 0.717) is 11.6 Å². The molecule has 0 aliphatic heterocycles. The fourth-order valence-electron chi connectivity index (χ4n) is 3.84. The number of fused-ring (bicyclic) bond motifs is 1. The summed E-state index contributed by atoms with van der Waals surface area (Å²) in [4.78, 5) is 16.1. The Balaban J connectivity index is 1.96. The Hall–Kier alpha value is -3.04. The number of ether oxygens (including phenoxy) is 1. The van der Waals surface area contributed by atoms with Gasteiger partial charge in [-0.05, 0) is 41.8 Å². The number of carbonyl (C=O) groups is 1. The second-order valence-corrected chi connectivity index (χ2v) is 7.38. The number of aromatic amines is 1. The van der Waals surface area contributed by atoms with Crippen LogP contribution >= 0.6 is 11.6 Å². The van der Waals surface area contributed by atoms with E-state index in [4.69, 9.17) is 16.3 Å². The van der Waals surface area contributed by atoms with E-state index in [2.05, 4.69) is 29.2 Å². The van der Waals surface area contributed by atoms with Crippen LogP contribution in [0, 0.1) is 0 Å². The molecular weight excluding hydrogens is 382 g/mol. The second kappa shape index (κ2) is 8.54. The van der Waals surface area contributed by atoms with Gasteiger partial charge >= 0.3 is 5.97 Å². The predicted molar refractivity (Wildman–Crippen MR) is 118 cm³/mol. The molecule has 0 fully saturated rings. The van der Waals surface area contributed by atoms with Gasteiger partial charge in [0.25, 0.3) is 0 Å². The van der Waals surface area contributed by atoms with Crippen molar-refractivity contribution in [2.75, 3.05) is 6.61 Å². The van der Waals surface area contributed by atoms with Crippen molar-refractivity contribution >= 4 is 28.5 Å². The van der Waals surface area contributed by atoms with E-state index in [1.54, 1.807) is 0 Å². The zero-order valence-electron chi connectivity index (χ0n) is 16.2. The summed E-state index contributed by atoms with van der Waals surface area (Å²) in [5.41, 5.74) is 5.19. The number of carbonyl (C=O) groups excluding carboxylic acids is 1. The standard InChI is InChI=1S/C25H22ClNO2/c1-2-29-23(28)16-20(17-9-5-3-6-10-17)24-21-15-19(26)13-14-22(21)27-25(24)18-11-7-4-8-12-18/h3-15,20,27H,2,16H2,1H3/t20-/m1/s1. The number of nitrogens with one attached hydrogen (secondary N) is 1. The molecule has 1 N–H and O–H groups in total. The van der Waals surface area contributed by atoms with E-state index in [1.807, 2.05) is 61.5 Å². The van der Waals surface area contributed by atoms with Gasteiger partial charge in [0.05, 0.1) is 18.7 Å². The predicted octanol–water partition coefficient (Wildman–Crippen LogP) is 6.57. The third-order valence-corrected chi connectivity index (χ3v) is 5.32. The minimum atomic E-state index is -0.211. The summed E-state index contributed by atoms with van der Waals surface area (Å²) >= 11 is 6.35. The van der Waals surface area contributed by atoms with Crippen molar-refractivity contribution < 1.29 is 9.53 Å². The van der Waals surface area contributed by atoms with Gasteiger partial charge < -0.3 is 9.72 Å². The number of aromatic nitrogens is 1. The highest BCUT2D eigenvalue weighted by Gasteiger charge is 2.26. The number of esters is 1. The van der Waals surface area contributed by atoms with E-state index < -0.39 is 0 Å². The molecule has 4 aromatic rings. The molecule has 0 spiro atoms. The number of hydrogen-bond donors (Lipinski definition) is 1. The van der Waals surface area contributed by atoms with Gasteiger partial charge in [-0.3, -0.25) is 4.79 Å². The lowest BCUT2D eigenvalue weighted by atomic mass is 9.85. The lowest BCUT2D eigenvalue weighted by Gasteiger charge is -2.19. The smallest absolute Gasteiger partial charge is 0.306 e. The number of rotatable bonds is 6. The SMILES string of the molecule is CCOC(=O)C[C@H](c1ccccc1)c1c(-c2ccccc2)[nH]c2ccc(Cl)cc12. The van der Waals surface area contributed by atoms with Gasteiger partial charge in [-0.1, -0.05) is 72.3 Å². The molecule has 1 aromatic heterocycles. The summed E-state index contributed by atoms with van der Waals surface area (Å²) < 4.78 is 5.30. The molecule has 3 aromatic carbocycles. The van der Waals surface area contributed by atoms with Crippen molar-refractivity contribution in [3.63, 3.8) is 0 Å². The Morgan fingerprint density at radius 3 is 2.38 bits per heavy atom. The molecule has 0 unspecified atom stereocenters. The Labute approximate surface area is 175 Å². The second-order valence-electron chi connectivity index (χ2n) is 6.94. The average Bonchev–Trinajstić information content (AvgIpc) is 3.12. The summed E-state index contributed by atoms with van der Waals surface area (Å²) in [5, 5.41) is 1.69. The van der Waals surface area contributed by atoms with Crippen molar-refractivity contribution in [3.8, 4) is 11.3 Å². The van der Waals surface area contributed by atoms with Gasteiger partial charge in [-0.25, -0.2) is 0 Å². The highest BCUT2D eigenvalue weighted by molar-refractivity contribution is 6.31. The van der Waals surface area contributed by atoms with Crippen molar-refractivity contribution in [1.82, 2.24) is 4.98 Å². The van der Waals surface area contributed by atoms with Crippen molar-refractivity contribution in [3.05, 3.63) is 95.0 Å². The normalized spacial score (nSPS) is 12.1. The van der Waals surface area contributed by atoms with E-state index in [1.165, 1.54) is 0 Å². The van der Waals surface area contributed by atoms with Crippen LogP contribution in [0.3, 0.4) is 0 Å². The van der Waals surface area contributed by atoms with Crippen LogP contribution in [0.2, 0.25) is 5.02 Å². The highest BCUT2D eigenvalue weighted by Crippen LogP contribution is 2.41. The summed E-state index contributed by atoms with van der Waals surface area (Å²) in [6.07, 6.45) is 0.261. The van der Waals surface area contributed by atoms with Crippen molar-refractivity contribution in [2.24, 2.45) is 0 Å². The topological polar surface area (TPSA) is 42.1 Å². The molecule has 0 bridgehead atoms. The Kier molecular flexibility index (Phi) is 5.68. The number of hydrogen-bond acceptors (Lipinski definition) is 2. The third-order valence-electron chi connectivity index (χ3n) is 5.09. The lowest BCUT2D eigenvalue weighted by Crippen LogP contribution is -2.12. The zero-order chi connectivity index (χ0) is 20.2. The van der Waals surface area contributed by atoms with Gasteiger partial charge in [-0.2, -0.15) is 0 Å². The van der Waals surface area contributed by atoms with E-state index >= 15 is 0 Å². The quantitative estimate of drug-likeness (QED) is 0.370. The van der Waals surface area contributed by atoms with Gasteiger partial charge in [0.15, 0.2) is 0 Å². The van der Waals surface area contributed by atoms with Crippen LogP contribution in [0.15, 0.2) is 78.9 Å². The van der Waals surface area contributed by atoms with E-state index in [-0.39, 0.29) is 18.3 Å². The Morgan fingerprint density at radius 1 is 1.00 bits per heavy atom. The molecule has 4 heteroatoms. The highest BCUT2D eigenvalue weighted by atomic mass is 35.5. The monoisotopic (exact) mass is 403 g/mol. The third kappa shape index (κ3) is 4.06. The fraction of sp³-hybridized carbons (Fsp3) is 0.160. The molecule has 3 nitrogen and oxygen atoms in total. The fourth-order valence-corrected chi connectivity index (χ4v) is 4.01. The molecule has 1 heterocycles. The molecular formula is C25H22ClNO2. The Bertz CT molecular complexity index is 1120. The molecule has 0 radical (unpaired) electrons. The van der Waals surface area contributed by atoms with Crippen LogP contribution in [-0.4, -0.2) is 17.6 Å². The van der Waals surface area contributed by atoms with Crippen LogP contribution in [-0.2, 0) is 9.53 Å². The van der Waals surface area contributed by atoms with E-state index in [0.717, 1.165) is 33.3 Å². The molecule has 4 rings (SSSR count).